The molecule has 1 atom stereocenters. The molecule has 2 aliphatic heterocycles. The molecule has 0 amide bonds. The summed E-state index contributed by atoms with van der Waals surface area (Å²) < 4.78 is 18.3. The third-order valence-corrected chi connectivity index (χ3v) is 3.27. The average molecular weight is 216 g/mol. The molecule has 2 fully saturated rings. The lowest BCUT2D eigenvalue weighted by Gasteiger charge is -2.41. The van der Waals surface area contributed by atoms with E-state index in [4.69, 9.17) is 4.74 Å². The number of hydrogen-bond acceptors (Lipinski definition) is 3. The summed E-state index contributed by atoms with van der Waals surface area (Å²) in [5.41, 5.74) is 0. The van der Waals surface area contributed by atoms with Crippen molar-refractivity contribution < 1.29 is 9.13 Å². The Bertz CT molecular complexity index is 207. The highest BCUT2D eigenvalue weighted by Crippen LogP contribution is 2.15. The molecule has 0 saturated carbocycles. The zero-order chi connectivity index (χ0) is 10.8. The van der Waals surface area contributed by atoms with E-state index in [0.29, 0.717) is 19.1 Å². The van der Waals surface area contributed by atoms with Crippen LogP contribution in [0, 0.1) is 0 Å². The molecular formula is C11H21FN2O. The van der Waals surface area contributed by atoms with Gasteiger partial charge in [-0.1, -0.05) is 0 Å². The number of alkyl halides is 1. The number of rotatable bonds is 3. The quantitative estimate of drug-likeness (QED) is 0.692. The van der Waals surface area contributed by atoms with E-state index >= 15 is 0 Å². The van der Waals surface area contributed by atoms with Crippen molar-refractivity contribution in [2.75, 3.05) is 39.3 Å². The molecule has 2 rings (SSSR count). The lowest BCUT2D eigenvalue weighted by molar-refractivity contribution is -0.0686. The molecule has 2 heterocycles. The van der Waals surface area contributed by atoms with E-state index in [1.807, 2.05) is 0 Å². The van der Waals surface area contributed by atoms with Crippen LogP contribution in [0.3, 0.4) is 0 Å². The molecule has 0 spiro atoms. The normalized spacial score (nSPS) is 30.8. The lowest BCUT2D eigenvalue weighted by atomic mass is 10.1. The molecule has 2 saturated heterocycles. The second-order valence-corrected chi connectivity index (χ2v) is 4.90. The van der Waals surface area contributed by atoms with Crippen molar-refractivity contribution in [3.05, 3.63) is 0 Å². The van der Waals surface area contributed by atoms with Gasteiger partial charge < -0.3 is 4.74 Å². The van der Waals surface area contributed by atoms with Gasteiger partial charge in [-0.2, -0.15) is 0 Å². The van der Waals surface area contributed by atoms with Gasteiger partial charge in [-0.15, -0.1) is 0 Å². The molecule has 2 aliphatic rings. The van der Waals surface area contributed by atoms with E-state index in [1.165, 1.54) is 0 Å². The monoisotopic (exact) mass is 216 g/mol. The van der Waals surface area contributed by atoms with E-state index in [0.717, 1.165) is 26.2 Å². The van der Waals surface area contributed by atoms with Crippen molar-refractivity contribution in [2.24, 2.45) is 0 Å². The Hall–Kier alpha value is -0.190. The summed E-state index contributed by atoms with van der Waals surface area (Å²) in [6.45, 7) is 9.35. The fraction of sp³-hybridized carbons (Fsp3) is 1.00. The molecule has 88 valence electrons. The van der Waals surface area contributed by atoms with E-state index in [9.17, 15) is 4.39 Å². The highest BCUT2D eigenvalue weighted by atomic mass is 19.1. The molecular weight excluding hydrogens is 195 g/mol. The van der Waals surface area contributed by atoms with Gasteiger partial charge in [0.25, 0.3) is 0 Å². The second-order valence-electron chi connectivity index (χ2n) is 4.90. The van der Waals surface area contributed by atoms with Crippen LogP contribution in [0.1, 0.15) is 13.8 Å². The number of nitrogens with zero attached hydrogens (tertiary/aromatic N) is 2. The van der Waals surface area contributed by atoms with Crippen LogP contribution < -0.4 is 0 Å². The van der Waals surface area contributed by atoms with Gasteiger partial charge >= 0.3 is 0 Å². The SMILES string of the molecule is CC(C)N1CCOC(CN2CC(F)C2)C1. The molecule has 0 aromatic carbocycles. The van der Waals surface area contributed by atoms with Gasteiger partial charge in [0, 0.05) is 38.8 Å². The minimum atomic E-state index is -0.602. The molecule has 1 unspecified atom stereocenters. The summed E-state index contributed by atoms with van der Waals surface area (Å²) in [5, 5.41) is 0. The van der Waals surface area contributed by atoms with Crippen molar-refractivity contribution in [1.82, 2.24) is 9.80 Å². The number of ether oxygens (including phenoxy) is 1. The van der Waals surface area contributed by atoms with Gasteiger partial charge in [0.2, 0.25) is 0 Å². The predicted octanol–water partition coefficient (Wildman–Crippen LogP) is 0.749. The fourth-order valence-corrected chi connectivity index (χ4v) is 2.27. The summed E-state index contributed by atoms with van der Waals surface area (Å²) >= 11 is 0. The van der Waals surface area contributed by atoms with Crippen LogP contribution in [0.4, 0.5) is 4.39 Å². The van der Waals surface area contributed by atoms with Crippen LogP contribution in [0.15, 0.2) is 0 Å². The van der Waals surface area contributed by atoms with Gasteiger partial charge in [-0.3, -0.25) is 9.80 Å². The molecule has 0 aliphatic carbocycles. The molecule has 4 heteroatoms. The van der Waals surface area contributed by atoms with E-state index in [2.05, 4.69) is 23.6 Å². The second kappa shape index (κ2) is 4.76. The Labute approximate surface area is 91.2 Å². The summed E-state index contributed by atoms with van der Waals surface area (Å²) in [6, 6.07) is 0.585. The van der Waals surface area contributed by atoms with Crippen LogP contribution in [0.25, 0.3) is 0 Å². The number of likely N-dealkylation sites (tertiary alicyclic amines) is 1. The lowest BCUT2D eigenvalue weighted by Crippen LogP contribution is -2.55. The van der Waals surface area contributed by atoms with Crippen LogP contribution in [-0.4, -0.2) is 67.4 Å². The topological polar surface area (TPSA) is 15.7 Å². The van der Waals surface area contributed by atoms with Crippen LogP contribution in [0.2, 0.25) is 0 Å². The van der Waals surface area contributed by atoms with Crippen molar-refractivity contribution in [2.45, 2.75) is 32.2 Å². The molecule has 0 aromatic heterocycles. The maximum absolute atomic E-state index is 12.6. The maximum Gasteiger partial charge on any atom is 0.125 e. The van der Waals surface area contributed by atoms with Gasteiger partial charge in [0.05, 0.1) is 12.7 Å². The summed E-state index contributed by atoms with van der Waals surface area (Å²) in [6.07, 6.45) is -0.330. The minimum absolute atomic E-state index is 0.272. The summed E-state index contributed by atoms with van der Waals surface area (Å²) in [5.74, 6) is 0. The standard InChI is InChI=1S/C11H21FN2O/c1-9(2)14-3-4-15-11(8-14)7-13-5-10(12)6-13/h9-11H,3-8H2,1-2H3. The Morgan fingerprint density at radius 1 is 1.33 bits per heavy atom. The van der Waals surface area contributed by atoms with Crippen molar-refractivity contribution in [3.63, 3.8) is 0 Å². The van der Waals surface area contributed by atoms with E-state index in [-0.39, 0.29) is 6.10 Å². The first-order valence-electron chi connectivity index (χ1n) is 5.87. The number of morpholine rings is 1. The molecule has 3 nitrogen and oxygen atoms in total. The zero-order valence-corrected chi connectivity index (χ0v) is 9.66. The highest BCUT2D eigenvalue weighted by molar-refractivity contribution is 4.84. The Morgan fingerprint density at radius 2 is 2.07 bits per heavy atom. The van der Waals surface area contributed by atoms with Crippen molar-refractivity contribution in [1.29, 1.82) is 0 Å². The van der Waals surface area contributed by atoms with Crippen molar-refractivity contribution in [3.8, 4) is 0 Å². The molecule has 0 N–H and O–H groups in total. The van der Waals surface area contributed by atoms with E-state index < -0.39 is 6.17 Å². The molecule has 0 radical (unpaired) electrons. The average Bonchev–Trinajstić information content (AvgIpc) is 2.16. The first kappa shape index (κ1) is 11.3. The third kappa shape index (κ3) is 2.89. The molecule has 0 bridgehead atoms. The first-order valence-corrected chi connectivity index (χ1v) is 5.87. The predicted molar refractivity (Wildman–Crippen MR) is 57.8 cm³/mol. The third-order valence-electron chi connectivity index (χ3n) is 3.27. The van der Waals surface area contributed by atoms with Crippen LogP contribution in [-0.2, 0) is 4.74 Å². The minimum Gasteiger partial charge on any atom is -0.374 e. The van der Waals surface area contributed by atoms with Gasteiger partial charge in [-0.25, -0.2) is 4.39 Å². The largest absolute Gasteiger partial charge is 0.374 e. The fourth-order valence-electron chi connectivity index (χ4n) is 2.27. The smallest absolute Gasteiger partial charge is 0.125 e. The van der Waals surface area contributed by atoms with Gasteiger partial charge in [0.15, 0.2) is 0 Å². The van der Waals surface area contributed by atoms with E-state index in [1.54, 1.807) is 0 Å². The summed E-state index contributed by atoms with van der Waals surface area (Å²) in [4.78, 5) is 4.57. The maximum atomic E-state index is 12.6. The van der Waals surface area contributed by atoms with Gasteiger partial charge in [0.1, 0.15) is 6.17 Å². The Balaban J connectivity index is 1.73. The number of halogens is 1. The first-order chi connectivity index (χ1) is 7.15. The molecule has 0 aromatic rings. The molecule has 15 heavy (non-hydrogen) atoms. The number of hydrogen-bond donors (Lipinski definition) is 0. The van der Waals surface area contributed by atoms with Crippen LogP contribution in [0.5, 0.6) is 0 Å². The van der Waals surface area contributed by atoms with Crippen LogP contribution >= 0.6 is 0 Å². The van der Waals surface area contributed by atoms with Crippen molar-refractivity contribution >= 4 is 0 Å². The zero-order valence-electron chi connectivity index (χ0n) is 9.66. The highest BCUT2D eigenvalue weighted by Gasteiger charge is 2.30. The summed E-state index contributed by atoms with van der Waals surface area (Å²) in [7, 11) is 0. The Morgan fingerprint density at radius 3 is 2.67 bits per heavy atom. The van der Waals surface area contributed by atoms with Gasteiger partial charge in [-0.05, 0) is 13.8 Å². The Kier molecular flexibility index (Phi) is 3.59.